The third-order valence-electron chi connectivity index (χ3n) is 3.08. The van der Waals surface area contributed by atoms with E-state index < -0.39 is 0 Å². The van der Waals surface area contributed by atoms with E-state index in [-0.39, 0.29) is 5.91 Å². The van der Waals surface area contributed by atoms with Gasteiger partial charge in [-0.2, -0.15) is 0 Å². The van der Waals surface area contributed by atoms with Crippen molar-refractivity contribution in [1.29, 1.82) is 0 Å². The van der Waals surface area contributed by atoms with Gasteiger partial charge in [-0.1, -0.05) is 29.8 Å². The molecule has 0 bridgehead atoms. The van der Waals surface area contributed by atoms with E-state index in [0.29, 0.717) is 12.2 Å². The van der Waals surface area contributed by atoms with E-state index >= 15 is 0 Å². The third kappa shape index (κ3) is 3.65. The molecular weight excluding hydrogens is 236 g/mol. The highest BCUT2D eigenvalue weighted by Gasteiger charge is 2.05. The number of hydrogen-bond acceptors (Lipinski definition) is 2. The lowest BCUT2D eigenvalue weighted by Crippen LogP contribution is -2.26. The van der Waals surface area contributed by atoms with Gasteiger partial charge >= 0.3 is 0 Å². The lowest BCUT2D eigenvalue weighted by Gasteiger charge is -2.08. The van der Waals surface area contributed by atoms with Gasteiger partial charge in [0.25, 0.3) is 5.91 Å². The van der Waals surface area contributed by atoms with Crippen LogP contribution in [-0.2, 0) is 6.42 Å². The molecule has 1 amide bonds. The van der Waals surface area contributed by atoms with Gasteiger partial charge < -0.3 is 5.32 Å². The number of amides is 1. The van der Waals surface area contributed by atoms with Gasteiger partial charge in [0.05, 0.1) is 0 Å². The summed E-state index contributed by atoms with van der Waals surface area (Å²) in [5, 5.41) is 2.89. The summed E-state index contributed by atoms with van der Waals surface area (Å²) in [6, 6.07) is 11.7. The molecule has 0 atom stereocenters. The number of hydrogen-bond donors (Lipinski definition) is 1. The van der Waals surface area contributed by atoms with E-state index in [1.54, 1.807) is 18.3 Å². The fourth-order valence-electron chi connectivity index (χ4n) is 1.97. The predicted octanol–water partition coefficient (Wildman–Crippen LogP) is 2.67. The molecule has 0 saturated heterocycles. The molecule has 0 saturated carbocycles. The average Bonchev–Trinajstić information content (AvgIpc) is 2.43. The second-order valence-corrected chi connectivity index (χ2v) is 4.65. The summed E-state index contributed by atoms with van der Waals surface area (Å²) < 4.78 is 0. The number of aryl methyl sites for hydroxylation is 2. The molecule has 3 nitrogen and oxygen atoms in total. The Morgan fingerprint density at radius 3 is 2.79 bits per heavy atom. The molecule has 1 aromatic carbocycles. The summed E-state index contributed by atoms with van der Waals surface area (Å²) in [5.41, 5.74) is 4.25. The van der Waals surface area contributed by atoms with E-state index in [1.807, 2.05) is 6.07 Å². The molecule has 19 heavy (non-hydrogen) atoms. The minimum Gasteiger partial charge on any atom is -0.350 e. The molecule has 0 aliphatic rings. The Morgan fingerprint density at radius 2 is 2.05 bits per heavy atom. The standard InChI is InChI=1S/C16H18N2O/c1-12-6-7-13(2)14(11-12)8-10-18-16(19)15-5-3-4-9-17-15/h3-7,9,11H,8,10H2,1-2H3,(H,18,19). The largest absolute Gasteiger partial charge is 0.350 e. The maximum Gasteiger partial charge on any atom is 0.269 e. The van der Waals surface area contributed by atoms with Crippen LogP contribution < -0.4 is 5.32 Å². The Bertz CT molecular complexity index is 564. The van der Waals surface area contributed by atoms with Gasteiger partial charge in [0.1, 0.15) is 5.69 Å². The Balaban J connectivity index is 1.90. The summed E-state index contributed by atoms with van der Waals surface area (Å²) >= 11 is 0. The van der Waals surface area contributed by atoms with Crippen molar-refractivity contribution in [2.75, 3.05) is 6.54 Å². The van der Waals surface area contributed by atoms with Crippen LogP contribution in [0.1, 0.15) is 27.2 Å². The highest BCUT2D eigenvalue weighted by Crippen LogP contribution is 2.10. The normalized spacial score (nSPS) is 10.2. The summed E-state index contributed by atoms with van der Waals surface area (Å²) in [6.07, 6.45) is 2.46. The van der Waals surface area contributed by atoms with Crippen molar-refractivity contribution in [2.24, 2.45) is 0 Å². The molecule has 1 heterocycles. The van der Waals surface area contributed by atoms with Gasteiger partial charge in [0.2, 0.25) is 0 Å². The van der Waals surface area contributed by atoms with Gasteiger partial charge in [0, 0.05) is 12.7 Å². The number of nitrogens with zero attached hydrogens (tertiary/aromatic N) is 1. The van der Waals surface area contributed by atoms with Crippen LogP contribution in [-0.4, -0.2) is 17.4 Å². The van der Waals surface area contributed by atoms with Crippen LogP contribution in [0.4, 0.5) is 0 Å². The lowest BCUT2D eigenvalue weighted by molar-refractivity contribution is 0.0949. The summed E-state index contributed by atoms with van der Waals surface area (Å²) in [5.74, 6) is -0.120. The molecule has 0 radical (unpaired) electrons. The average molecular weight is 254 g/mol. The van der Waals surface area contributed by atoms with Crippen molar-refractivity contribution in [1.82, 2.24) is 10.3 Å². The zero-order valence-corrected chi connectivity index (χ0v) is 11.3. The summed E-state index contributed by atoms with van der Waals surface area (Å²) in [7, 11) is 0. The zero-order valence-electron chi connectivity index (χ0n) is 11.3. The Morgan fingerprint density at radius 1 is 1.21 bits per heavy atom. The molecule has 98 valence electrons. The minimum absolute atomic E-state index is 0.120. The molecule has 2 rings (SSSR count). The quantitative estimate of drug-likeness (QED) is 0.911. The molecule has 0 aliphatic heterocycles. The number of carbonyl (C=O) groups excluding carboxylic acids is 1. The van der Waals surface area contributed by atoms with E-state index in [1.165, 1.54) is 16.7 Å². The first-order valence-corrected chi connectivity index (χ1v) is 6.42. The number of nitrogens with one attached hydrogen (secondary N) is 1. The molecule has 0 spiro atoms. The van der Waals surface area contributed by atoms with Gasteiger partial charge in [-0.15, -0.1) is 0 Å². The van der Waals surface area contributed by atoms with Crippen molar-refractivity contribution in [3.8, 4) is 0 Å². The van der Waals surface area contributed by atoms with Crippen LogP contribution in [0.25, 0.3) is 0 Å². The predicted molar refractivity (Wildman–Crippen MR) is 76.2 cm³/mol. The fourth-order valence-corrected chi connectivity index (χ4v) is 1.97. The van der Waals surface area contributed by atoms with Crippen molar-refractivity contribution < 1.29 is 4.79 Å². The monoisotopic (exact) mass is 254 g/mol. The second kappa shape index (κ2) is 6.14. The Hall–Kier alpha value is -2.16. The first kappa shape index (κ1) is 13.3. The molecule has 1 N–H and O–H groups in total. The van der Waals surface area contributed by atoms with Gasteiger partial charge in [0.15, 0.2) is 0 Å². The Labute approximate surface area is 113 Å². The number of benzene rings is 1. The maximum atomic E-state index is 11.8. The van der Waals surface area contributed by atoms with Crippen LogP contribution in [0.5, 0.6) is 0 Å². The maximum absolute atomic E-state index is 11.8. The topological polar surface area (TPSA) is 42.0 Å². The SMILES string of the molecule is Cc1ccc(C)c(CCNC(=O)c2ccccn2)c1. The van der Waals surface area contributed by atoms with E-state index in [2.05, 4.69) is 42.3 Å². The van der Waals surface area contributed by atoms with Crippen LogP contribution in [0.3, 0.4) is 0 Å². The molecule has 0 aliphatic carbocycles. The highest BCUT2D eigenvalue weighted by atomic mass is 16.1. The van der Waals surface area contributed by atoms with E-state index in [4.69, 9.17) is 0 Å². The number of carbonyl (C=O) groups is 1. The molecule has 2 aromatic rings. The first-order chi connectivity index (χ1) is 9.16. The van der Waals surface area contributed by atoms with E-state index in [0.717, 1.165) is 6.42 Å². The molecule has 0 unspecified atom stereocenters. The summed E-state index contributed by atoms with van der Waals surface area (Å²) in [6.45, 7) is 4.80. The van der Waals surface area contributed by atoms with Crippen molar-refractivity contribution in [3.63, 3.8) is 0 Å². The summed E-state index contributed by atoms with van der Waals surface area (Å²) in [4.78, 5) is 15.8. The molecule has 0 fully saturated rings. The lowest BCUT2D eigenvalue weighted by atomic mass is 10.0. The number of rotatable bonds is 4. The zero-order chi connectivity index (χ0) is 13.7. The van der Waals surface area contributed by atoms with Gasteiger partial charge in [-0.05, 0) is 43.5 Å². The van der Waals surface area contributed by atoms with Crippen LogP contribution in [0.15, 0.2) is 42.6 Å². The Kier molecular flexibility index (Phi) is 4.29. The molecular formula is C16H18N2O. The van der Waals surface area contributed by atoms with Crippen LogP contribution in [0, 0.1) is 13.8 Å². The number of aromatic nitrogens is 1. The van der Waals surface area contributed by atoms with E-state index in [9.17, 15) is 4.79 Å². The first-order valence-electron chi connectivity index (χ1n) is 6.42. The fraction of sp³-hybridized carbons (Fsp3) is 0.250. The second-order valence-electron chi connectivity index (χ2n) is 4.65. The smallest absolute Gasteiger partial charge is 0.269 e. The van der Waals surface area contributed by atoms with Crippen molar-refractivity contribution in [2.45, 2.75) is 20.3 Å². The van der Waals surface area contributed by atoms with Crippen molar-refractivity contribution >= 4 is 5.91 Å². The van der Waals surface area contributed by atoms with Crippen LogP contribution in [0.2, 0.25) is 0 Å². The highest BCUT2D eigenvalue weighted by molar-refractivity contribution is 5.92. The molecule has 1 aromatic heterocycles. The number of pyridine rings is 1. The van der Waals surface area contributed by atoms with Crippen LogP contribution >= 0.6 is 0 Å². The van der Waals surface area contributed by atoms with Gasteiger partial charge in [-0.3, -0.25) is 9.78 Å². The van der Waals surface area contributed by atoms with Crippen molar-refractivity contribution in [3.05, 3.63) is 65.0 Å². The third-order valence-corrected chi connectivity index (χ3v) is 3.08. The minimum atomic E-state index is -0.120. The molecule has 3 heteroatoms. The van der Waals surface area contributed by atoms with Gasteiger partial charge in [-0.25, -0.2) is 0 Å².